The number of aromatic nitrogens is 3. The van der Waals surface area contributed by atoms with E-state index in [2.05, 4.69) is 53.2 Å². The minimum Gasteiger partial charge on any atom is -0.343 e. The molecule has 0 radical (unpaired) electrons. The van der Waals surface area contributed by atoms with Crippen molar-refractivity contribution in [3.63, 3.8) is 0 Å². The summed E-state index contributed by atoms with van der Waals surface area (Å²) in [5.74, 6) is 0. The lowest BCUT2D eigenvalue weighted by molar-refractivity contribution is 0.658. The molecule has 0 bridgehead atoms. The molecule has 0 saturated heterocycles. The topological polar surface area (TPSA) is 48.8 Å². The highest BCUT2D eigenvalue weighted by molar-refractivity contribution is 5.81. The average Bonchev–Trinajstić information content (AvgIpc) is 3.06. The first-order valence-electron chi connectivity index (χ1n) is 7.50. The Hall–Kier alpha value is -2.07. The fourth-order valence-electron chi connectivity index (χ4n) is 2.72. The van der Waals surface area contributed by atoms with Gasteiger partial charge in [0.1, 0.15) is 0 Å². The van der Waals surface area contributed by atoms with Gasteiger partial charge in [0.15, 0.2) is 0 Å². The van der Waals surface area contributed by atoms with E-state index in [-0.39, 0.29) is 6.04 Å². The molecule has 4 heteroatoms. The number of rotatable bonds is 5. The molecular formula is C17H22N4. The van der Waals surface area contributed by atoms with Crippen molar-refractivity contribution >= 4 is 10.9 Å². The first kappa shape index (κ1) is 13.9. The fourth-order valence-corrected chi connectivity index (χ4v) is 2.72. The van der Waals surface area contributed by atoms with E-state index in [1.807, 2.05) is 17.8 Å². The van der Waals surface area contributed by atoms with E-state index in [4.69, 9.17) is 5.73 Å². The second-order valence-corrected chi connectivity index (χ2v) is 5.72. The Labute approximate surface area is 125 Å². The second kappa shape index (κ2) is 5.74. The fraction of sp³-hybridized carbons (Fsp3) is 0.353. The van der Waals surface area contributed by atoms with Gasteiger partial charge in [-0.2, -0.15) is 5.10 Å². The molecular weight excluding hydrogens is 260 g/mol. The number of aryl methyl sites for hydroxylation is 1. The lowest BCUT2D eigenvalue weighted by Gasteiger charge is -2.08. The van der Waals surface area contributed by atoms with Crippen molar-refractivity contribution in [3.05, 3.63) is 54.0 Å². The molecule has 1 unspecified atom stereocenters. The summed E-state index contributed by atoms with van der Waals surface area (Å²) in [5, 5.41) is 5.61. The summed E-state index contributed by atoms with van der Waals surface area (Å²) in [6.45, 7) is 5.90. The number of nitrogens with two attached hydrogens (primary N) is 1. The van der Waals surface area contributed by atoms with Gasteiger partial charge in [0, 0.05) is 36.1 Å². The predicted octanol–water partition coefficient (Wildman–Crippen LogP) is 2.80. The molecule has 0 aliphatic carbocycles. The van der Waals surface area contributed by atoms with Crippen molar-refractivity contribution in [2.45, 2.75) is 39.4 Å². The lowest BCUT2D eigenvalue weighted by atomic mass is 10.1. The van der Waals surface area contributed by atoms with Crippen molar-refractivity contribution in [2.24, 2.45) is 5.73 Å². The zero-order valence-electron chi connectivity index (χ0n) is 12.7. The van der Waals surface area contributed by atoms with Crippen molar-refractivity contribution in [3.8, 4) is 0 Å². The Balaban J connectivity index is 1.90. The summed E-state index contributed by atoms with van der Waals surface area (Å²) in [6, 6.07) is 8.95. The molecule has 3 aromatic rings. The molecule has 1 atom stereocenters. The summed E-state index contributed by atoms with van der Waals surface area (Å²) >= 11 is 0. The van der Waals surface area contributed by atoms with Gasteiger partial charge in [0.25, 0.3) is 0 Å². The van der Waals surface area contributed by atoms with Gasteiger partial charge in [-0.05, 0) is 43.4 Å². The van der Waals surface area contributed by atoms with E-state index in [0.29, 0.717) is 0 Å². The summed E-state index contributed by atoms with van der Waals surface area (Å²) < 4.78 is 4.24. The van der Waals surface area contributed by atoms with Crippen LogP contribution in [0.2, 0.25) is 0 Å². The van der Waals surface area contributed by atoms with Gasteiger partial charge in [-0.25, -0.2) is 0 Å². The smallest absolute Gasteiger partial charge is 0.0539 e. The van der Waals surface area contributed by atoms with Gasteiger partial charge >= 0.3 is 0 Å². The highest BCUT2D eigenvalue weighted by Gasteiger charge is 2.06. The third-order valence-corrected chi connectivity index (χ3v) is 3.76. The van der Waals surface area contributed by atoms with Crippen LogP contribution in [-0.4, -0.2) is 20.4 Å². The Morgan fingerprint density at radius 3 is 2.81 bits per heavy atom. The number of nitrogens with zero attached hydrogens (tertiary/aromatic N) is 3. The highest BCUT2D eigenvalue weighted by Crippen LogP contribution is 2.19. The molecule has 110 valence electrons. The first-order chi connectivity index (χ1) is 10.2. The monoisotopic (exact) mass is 282 g/mol. The zero-order valence-corrected chi connectivity index (χ0v) is 12.7. The molecule has 0 fully saturated rings. The summed E-state index contributed by atoms with van der Waals surface area (Å²) in [4.78, 5) is 0. The normalized spacial score (nSPS) is 12.9. The third-order valence-electron chi connectivity index (χ3n) is 3.76. The van der Waals surface area contributed by atoms with Gasteiger partial charge in [-0.3, -0.25) is 4.68 Å². The van der Waals surface area contributed by atoms with E-state index in [9.17, 15) is 0 Å². The van der Waals surface area contributed by atoms with E-state index in [1.54, 1.807) is 0 Å². The zero-order chi connectivity index (χ0) is 14.8. The van der Waals surface area contributed by atoms with E-state index in [1.165, 1.54) is 22.0 Å². The number of hydrogen-bond donors (Lipinski definition) is 1. The molecule has 0 aliphatic rings. The van der Waals surface area contributed by atoms with Crippen LogP contribution in [-0.2, 0) is 19.5 Å². The van der Waals surface area contributed by atoms with Gasteiger partial charge in [-0.15, -0.1) is 0 Å². The average molecular weight is 282 g/mol. The molecule has 0 spiro atoms. The predicted molar refractivity (Wildman–Crippen MR) is 86.3 cm³/mol. The largest absolute Gasteiger partial charge is 0.343 e. The molecule has 0 amide bonds. The third kappa shape index (κ3) is 3.00. The van der Waals surface area contributed by atoms with Crippen LogP contribution in [0.4, 0.5) is 0 Å². The SMILES string of the molecule is CCn1cc(Cn2ccc3ccc(CC(C)N)cc32)cn1. The standard InChI is InChI=1S/C17H22N4/c1-3-21-12-15(10-19-21)11-20-7-6-16-5-4-14(8-13(2)18)9-17(16)20/h4-7,9-10,12-13H,3,8,11,18H2,1-2H3. The second-order valence-electron chi connectivity index (χ2n) is 5.72. The number of benzene rings is 1. The molecule has 0 saturated carbocycles. The van der Waals surface area contributed by atoms with E-state index >= 15 is 0 Å². The van der Waals surface area contributed by atoms with Crippen LogP contribution in [0.15, 0.2) is 42.9 Å². The molecule has 21 heavy (non-hydrogen) atoms. The van der Waals surface area contributed by atoms with Crippen molar-refractivity contribution in [2.75, 3.05) is 0 Å². The Morgan fingerprint density at radius 2 is 2.10 bits per heavy atom. The van der Waals surface area contributed by atoms with Gasteiger partial charge < -0.3 is 10.3 Å². The van der Waals surface area contributed by atoms with Crippen molar-refractivity contribution in [1.82, 2.24) is 14.3 Å². The number of fused-ring (bicyclic) bond motifs is 1. The molecule has 2 heterocycles. The molecule has 1 aromatic carbocycles. The Morgan fingerprint density at radius 1 is 1.24 bits per heavy atom. The van der Waals surface area contributed by atoms with Crippen LogP contribution in [0, 0.1) is 0 Å². The molecule has 2 aromatic heterocycles. The van der Waals surface area contributed by atoms with Crippen LogP contribution in [0.25, 0.3) is 10.9 Å². The molecule has 4 nitrogen and oxygen atoms in total. The quantitative estimate of drug-likeness (QED) is 0.782. The maximum atomic E-state index is 5.91. The van der Waals surface area contributed by atoms with Crippen LogP contribution >= 0.6 is 0 Å². The van der Waals surface area contributed by atoms with Crippen molar-refractivity contribution < 1.29 is 0 Å². The highest BCUT2D eigenvalue weighted by atomic mass is 15.3. The number of hydrogen-bond acceptors (Lipinski definition) is 2. The van der Waals surface area contributed by atoms with Crippen molar-refractivity contribution in [1.29, 1.82) is 0 Å². The van der Waals surface area contributed by atoms with E-state index in [0.717, 1.165) is 19.5 Å². The molecule has 2 N–H and O–H groups in total. The first-order valence-corrected chi connectivity index (χ1v) is 7.50. The minimum absolute atomic E-state index is 0.189. The maximum absolute atomic E-state index is 5.91. The van der Waals surface area contributed by atoms with Gasteiger partial charge in [0.2, 0.25) is 0 Å². The van der Waals surface area contributed by atoms with Crippen LogP contribution in [0.3, 0.4) is 0 Å². The lowest BCUT2D eigenvalue weighted by Crippen LogP contribution is -2.17. The van der Waals surface area contributed by atoms with Crippen LogP contribution < -0.4 is 5.73 Å². The van der Waals surface area contributed by atoms with Gasteiger partial charge in [0.05, 0.1) is 12.7 Å². The maximum Gasteiger partial charge on any atom is 0.0539 e. The molecule has 0 aliphatic heterocycles. The summed E-state index contributed by atoms with van der Waals surface area (Å²) in [6.07, 6.45) is 7.11. The summed E-state index contributed by atoms with van der Waals surface area (Å²) in [7, 11) is 0. The van der Waals surface area contributed by atoms with Crippen LogP contribution in [0.1, 0.15) is 25.0 Å². The Kier molecular flexibility index (Phi) is 3.80. The summed E-state index contributed by atoms with van der Waals surface area (Å²) in [5.41, 5.74) is 9.69. The van der Waals surface area contributed by atoms with Gasteiger partial charge in [-0.1, -0.05) is 12.1 Å². The Bertz CT molecular complexity index is 736. The van der Waals surface area contributed by atoms with Crippen LogP contribution in [0.5, 0.6) is 0 Å². The molecule has 3 rings (SSSR count). The minimum atomic E-state index is 0.189. The van der Waals surface area contributed by atoms with E-state index < -0.39 is 0 Å².